The van der Waals surface area contributed by atoms with Gasteiger partial charge in [0.15, 0.2) is 0 Å². The van der Waals surface area contributed by atoms with E-state index in [1.165, 1.54) is 10.9 Å². The van der Waals surface area contributed by atoms with Crippen molar-refractivity contribution in [1.82, 2.24) is 9.80 Å². The number of nitrogens with two attached hydrogens (primary N) is 1. The first-order valence-corrected chi connectivity index (χ1v) is 7.72. The number of nitrogens with zero attached hydrogens (tertiary/aromatic N) is 2. The zero-order valence-electron chi connectivity index (χ0n) is 13.4. The van der Waals surface area contributed by atoms with Gasteiger partial charge in [-0.2, -0.15) is 0 Å². The molecule has 0 saturated heterocycles. The van der Waals surface area contributed by atoms with Crippen molar-refractivity contribution in [1.29, 1.82) is 0 Å². The monoisotopic (exact) mass is 289 g/mol. The van der Waals surface area contributed by atoms with Crippen LogP contribution in [0.2, 0.25) is 0 Å². The average molecular weight is 289 g/mol. The Hall–Kier alpha value is -1.36. The molecule has 1 unspecified atom stereocenters. The molecule has 0 radical (unpaired) electrons. The second kappa shape index (κ2) is 7.59. The van der Waals surface area contributed by atoms with Crippen LogP contribution in [0.1, 0.15) is 24.9 Å². The molecule has 0 aliphatic carbocycles. The van der Waals surface area contributed by atoms with Crippen molar-refractivity contribution in [3.63, 3.8) is 0 Å². The van der Waals surface area contributed by atoms with E-state index in [0.29, 0.717) is 6.54 Å². The fraction of sp³-hybridized carbons (Fsp3) is 0.529. The standard InChI is InChI=1S/C17H27N3O/c1-4-20(11-7-10-19(2)3)16(12-18)15-13-21-17-9-6-5-8-14(15)17/h5-6,8-9,13,16H,4,7,10-12,18H2,1-3H3. The Labute approximate surface area is 127 Å². The van der Waals surface area contributed by atoms with Crippen molar-refractivity contribution in [2.45, 2.75) is 19.4 Å². The van der Waals surface area contributed by atoms with Crippen LogP contribution in [-0.2, 0) is 0 Å². The van der Waals surface area contributed by atoms with Crippen molar-refractivity contribution >= 4 is 11.0 Å². The van der Waals surface area contributed by atoms with Crippen molar-refractivity contribution in [3.05, 3.63) is 36.1 Å². The van der Waals surface area contributed by atoms with Crippen LogP contribution in [0.5, 0.6) is 0 Å². The first kappa shape index (κ1) is 16.0. The van der Waals surface area contributed by atoms with Crippen LogP contribution < -0.4 is 5.73 Å². The predicted molar refractivity (Wildman–Crippen MR) is 88.4 cm³/mol. The minimum absolute atomic E-state index is 0.223. The number of rotatable bonds is 8. The largest absolute Gasteiger partial charge is 0.464 e. The number of fused-ring (bicyclic) bond motifs is 1. The summed E-state index contributed by atoms with van der Waals surface area (Å²) in [5.74, 6) is 0. The van der Waals surface area contributed by atoms with E-state index in [1.54, 1.807) is 0 Å². The van der Waals surface area contributed by atoms with Crippen LogP contribution in [0.15, 0.2) is 34.9 Å². The Morgan fingerprint density at radius 3 is 2.62 bits per heavy atom. The maximum Gasteiger partial charge on any atom is 0.134 e. The third-order valence-electron chi connectivity index (χ3n) is 3.99. The molecule has 1 atom stereocenters. The number of benzene rings is 1. The number of hydrogen-bond donors (Lipinski definition) is 1. The Balaban J connectivity index is 2.16. The van der Waals surface area contributed by atoms with Gasteiger partial charge in [-0.05, 0) is 39.7 Å². The van der Waals surface area contributed by atoms with E-state index in [1.807, 2.05) is 18.4 Å². The summed E-state index contributed by atoms with van der Waals surface area (Å²) in [7, 11) is 4.22. The highest BCUT2D eigenvalue weighted by atomic mass is 16.3. The van der Waals surface area contributed by atoms with Gasteiger partial charge < -0.3 is 15.1 Å². The molecule has 0 aliphatic heterocycles. The van der Waals surface area contributed by atoms with Crippen LogP contribution in [0, 0.1) is 0 Å². The fourth-order valence-electron chi connectivity index (χ4n) is 2.85. The topological polar surface area (TPSA) is 45.6 Å². The first-order chi connectivity index (χ1) is 10.2. The molecule has 2 N–H and O–H groups in total. The number of para-hydroxylation sites is 1. The lowest BCUT2D eigenvalue weighted by atomic mass is 10.0. The minimum atomic E-state index is 0.223. The summed E-state index contributed by atoms with van der Waals surface area (Å²) in [6.45, 7) is 5.95. The van der Waals surface area contributed by atoms with Crippen LogP contribution in [0.25, 0.3) is 11.0 Å². The summed E-state index contributed by atoms with van der Waals surface area (Å²) < 4.78 is 5.68. The molecule has 1 aromatic heterocycles. The molecule has 0 spiro atoms. The van der Waals surface area contributed by atoms with Gasteiger partial charge in [0.2, 0.25) is 0 Å². The second-order valence-corrected chi connectivity index (χ2v) is 5.72. The molecule has 0 amide bonds. The lowest BCUT2D eigenvalue weighted by Gasteiger charge is -2.29. The molecule has 0 bridgehead atoms. The van der Waals surface area contributed by atoms with Crippen molar-refractivity contribution in [2.24, 2.45) is 5.73 Å². The van der Waals surface area contributed by atoms with E-state index in [9.17, 15) is 0 Å². The molecule has 4 nitrogen and oxygen atoms in total. The summed E-state index contributed by atoms with van der Waals surface area (Å²) in [6, 6.07) is 8.40. The molecule has 1 aromatic carbocycles. The normalized spacial score (nSPS) is 13.4. The van der Waals surface area contributed by atoms with Crippen LogP contribution in [-0.4, -0.2) is 50.1 Å². The van der Waals surface area contributed by atoms with Crippen molar-refractivity contribution < 1.29 is 4.42 Å². The molecule has 2 rings (SSSR count). The summed E-state index contributed by atoms with van der Waals surface area (Å²) in [5.41, 5.74) is 8.22. The Morgan fingerprint density at radius 1 is 1.19 bits per heavy atom. The molecule has 21 heavy (non-hydrogen) atoms. The zero-order chi connectivity index (χ0) is 15.2. The molecule has 1 heterocycles. The van der Waals surface area contributed by atoms with Gasteiger partial charge in [0.05, 0.1) is 12.3 Å². The summed E-state index contributed by atoms with van der Waals surface area (Å²) >= 11 is 0. The Morgan fingerprint density at radius 2 is 1.95 bits per heavy atom. The van der Waals surface area contributed by atoms with E-state index < -0.39 is 0 Å². The van der Waals surface area contributed by atoms with E-state index >= 15 is 0 Å². The lowest BCUT2D eigenvalue weighted by Crippen LogP contribution is -2.35. The molecular weight excluding hydrogens is 262 g/mol. The Kier molecular flexibility index (Phi) is 5.79. The van der Waals surface area contributed by atoms with Gasteiger partial charge in [-0.25, -0.2) is 0 Å². The van der Waals surface area contributed by atoms with Crippen LogP contribution in [0.4, 0.5) is 0 Å². The highest BCUT2D eigenvalue weighted by Gasteiger charge is 2.21. The number of furan rings is 1. The third-order valence-corrected chi connectivity index (χ3v) is 3.99. The maximum absolute atomic E-state index is 6.07. The summed E-state index contributed by atoms with van der Waals surface area (Å²) in [4.78, 5) is 4.67. The van der Waals surface area contributed by atoms with Gasteiger partial charge in [0, 0.05) is 24.0 Å². The van der Waals surface area contributed by atoms with E-state index in [-0.39, 0.29) is 6.04 Å². The minimum Gasteiger partial charge on any atom is -0.464 e. The molecule has 2 aromatic rings. The van der Waals surface area contributed by atoms with E-state index in [2.05, 4.69) is 43.0 Å². The fourth-order valence-corrected chi connectivity index (χ4v) is 2.85. The van der Waals surface area contributed by atoms with Gasteiger partial charge in [0.25, 0.3) is 0 Å². The first-order valence-electron chi connectivity index (χ1n) is 7.72. The van der Waals surface area contributed by atoms with E-state index in [0.717, 1.165) is 31.6 Å². The number of hydrogen-bond acceptors (Lipinski definition) is 4. The molecular formula is C17H27N3O. The summed E-state index contributed by atoms with van der Waals surface area (Å²) in [5, 5.41) is 1.18. The number of likely N-dealkylation sites (N-methyl/N-ethyl adjacent to an activating group) is 1. The Bertz CT molecular complexity index is 550. The summed E-state index contributed by atoms with van der Waals surface area (Å²) in [6.07, 6.45) is 3.02. The molecule has 4 heteroatoms. The average Bonchev–Trinajstić information content (AvgIpc) is 2.90. The smallest absolute Gasteiger partial charge is 0.134 e. The van der Waals surface area contributed by atoms with Gasteiger partial charge in [-0.15, -0.1) is 0 Å². The van der Waals surface area contributed by atoms with Crippen molar-refractivity contribution in [2.75, 3.05) is 40.3 Å². The van der Waals surface area contributed by atoms with Gasteiger partial charge in [-0.3, -0.25) is 4.90 Å². The highest BCUT2D eigenvalue weighted by molar-refractivity contribution is 5.81. The second-order valence-electron chi connectivity index (χ2n) is 5.72. The quantitative estimate of drug-likeness (QED) is 0.811. The van der Waals surface area contributed by atoms with Crippen LogP contribution >= 0.6 is 0 Å². The lowest BCUT2D eigenvalue weighted by molar-refractivity contribution is 0.201. The molecule has 0 aliphatic rings. The third kappa shape index (κ3) is 3.84. The maximum atomic E-state index is 6.07. The predicted octanol–water partition coefficient (Wildman–Crippen LogP) is 2.71. The molecule has 0 fully saturated rings. The van der Waals surface area contributed by atoms with Gasteiger partial charge in [0.1, 0.15) is 5.58 Å². The molecule has 0 saturated carbocycles. The molecule has 116 valence electrons. The highest BCUT2D eigenvalue weighted by Crippen LogP contribution is 2.29. The zero-order valence-corrected chi connectivity index (χ0v) is 13.4. The van der Waals surface area contributed by atoms with E-state index in [4.69, 9.17) is 10.2 Å². The van der Waals surface area contributed by atoms with Crippen LogP contribution in [0.3, 0.4) is 0 Å². The van der Waals surface area contributed by atoms with Gasteiger partial charge in [-0.1, -0.05) is 25.1 Å². The van der Waals surface area contributed by atoms with Crippen molar-refractivity contribution in [3.8, 4) is 0 Å². The van der Waals surface area contributed by atoms with Gasteiger partial charge >= 0.3 is 0 Å². The SMILES string of the molecule is CCN(CCCN(C)C)C(CN)c1coc2ccccc12.